The third-order valence-corrected chi connectivity index (χ3v) is 5.32. The van der Waals surface area contributed by atoms with Gasteiger partial charge in [0.2, 0.25) is 0 Å². The van der Waals surface area contributed by atoms with Gasteiger partial charge in [0.15, 0.2) is 0 Å². The van der Waals surface area contributed by atoms with Gasteiger partial charge in [-0.15, -0.1) is 11.3 Å². The molecule has 0 aliphatic heterocycles. The molecule has 2 N–H and O–H groups in total. The second-order valence-electron chi connectivity index (χ2n) is 6.10. The zero-order chi connectivity index (χ0) is 16.4. The van der Waals surface area contributed by atoms with Crippen molar-refractivity contribution in [2.45, 2.75) is 46.0 Å². The summed E-state index contributed by atoms with van der Waals surface area (Å²) in [4.78, 5) is 13.5. The number of hydrogen-bond donors (Lipinski definition) is 1. The van der Waals surface area contributed by atoms with Crippen LogP contribution >= 0.6 is 11.3 Å². The smallest absolute Gasteiger partial charge is 0.341 e. The molecule has 3 rings (SSSR count). The number of benzene rings is 1. The standard InChI is InChI=1S/C19H23NO2S/c1-3-10-22-19(21)17-16(12(2)23-18(17)20)15-9-8-13-6-4-5-7-14(13)11-15/h8-9,11H,3-7,10,20H2,1-2H3. The summed E-state index contributed by atoms with van der Waals surface area (Å²) in [7, 11) is 0. The van der Waals surface area contributed by atoms with E-state index in [0.717, 1.165) is 35.3 Å². The molecule has 2 aromatic rings. The highest BCUT2D eigenvalue weighted by Crippen LogP contribution is 2.39. The molecule has 0 spiro atoms. The summed E-state index contributed by atoms with van der Waals surface area (Å²) < 4.78 is 5.33. The highest BCUT2D eigenvalue weighted by atomic mass is 32.1. The molecule has 1 aromatic carbocycles. The van der Waals surface area contributed by atoms with Crippen LogP contribution in [0.2, 0.25) is 0 Å². The second-order valence-corrected chi connectivity index (χ2v) is 7.36. The third kappa shape index (κ3) is 3.13. The van der Waals surface area contributed by atoms with Crippen molar-refractivity contribution in [2.75, 3.05) is 12.3 Å². The molecule has 23 heavy (non-hydrogen) atoms. The van der Waals surface area contributed by atoms with Crippen LogP contribution in [0.25, 0.3) is 11.1 Å². The minimum atomic E-state index is -0.304. The van der Waals surface area contributed by atoms with Crippen molar-refractivity contribution in [1.82, 2.24) is 0 Å². The van der Waals surface area contributed by atoms with Crippen molar-refractivity contribution < 1.29 is 9.53 Å². The van der Waals surface area contributed by atoms with Crippen molar-refractivity contribution in [3.05, 3.63) is 39.8 Å². The first-order valence-electron chi connectivity index (χ1n) is 8.30. The van der Waals surface area contributed by atoms with Gasteiger partial charge in [0.25, 0.3) is 0 Å². The normalized spacial score (nSPS) is 13.7. The molecule has 0 fully saturated rings. The number of aryl methyl sites for hydroxylation is 3. The van der Waals surface area contributed by atoms with E-state index in [9.17, 15) is 4.79 Å². The summed E-state index contributed by atoms with van der Waals surface area (Å²) in [5, 5.41) is 0.552. The average molecular weight is 329 g/mol. The third-order valence-electron chi connectivity index (χ3n) is 4.39. The number of carbonyl (C=O) groups excluding carboxylic acids is 1. The Labute approximate surface area is 141 Å². The van der Waals surface area contributed by atoms with Gasteiger partial charge in [0.1, 0.15) is 10.6 Å². The second kappa shape index (κ2) is 6.75. The number of anilines is 1. The molecule has 3 nitrogen and oxygen atoms in total. The van der Waals surface area contributed by atoms with Crippen LogP contribution in [0.1, 0.15) is 52.5 Å². The van der Waals surface area contributed by atoms with Crippen LogP contribution in [-0.2, 0) is 17.6 Å². The quantitative estimate of drug-likeness (QED) is 0.823. The number of rotatable bonds is 4. The average Bonchev–Trinajstić information content (AvgIpc) is 2.86. The molecule has 0 amide bonds. The Bertz CT molecular complexity index is 733. The number of ether oxygens (including phenoxy) is 1. The maximum atomic E-state index is 12.4. The molecule has 0 unspecified atom stereocenters. The van der Waals surface area contributed by atoms with E-state index >= 15 is 0 Å². The van der Waals surface area contributed by atoms with Gasteiger partial charge in [-0.1, -0.05) is 25.1 Å². The molecule has 1 aliphatic carbocycles. The van der Waals surface area contributed by atoms with Crippen LogP contribution in [0.4, 0.5) is 5.00 Å². The molecular weight excluding hydrogens is 306 g/mol. The minimum Gasteiger partial charge on any atom is -0.462 e. The highest BCUT2D eigenvalue weighted by Gasteiger charge is 2.23. The largest absolute Gasteiger partial charge is 0.462 e. The van der Waals surface area contributed by atoms with Gasteiger partial charge in [-0.2, -0.15) is 0 Å². The Morgan fingerprint density at radius 2 is 2.00 bits per heavy atom. The zero-order valence-corrected chi connectivity index (χ0v) is 14.6. The van der Waals surface area contributed by atoms with Crippen LogP contribution in [0.5, 0.6) is 0 Å². The Hall–Kier alpha value is -1.81. The number of hydrogen-bond acceptors (Lipinski definition) is 4. The number of carbonyl (C=O) groups is 1. The van der Waals surface area contributed by atoms with Gasteiger partial charge in [-0.25, -0.2) is 4.79 Å². The van der Waals surface area contributed by atoms with Crippen LogP contribution in [0.15, 0.2) is 18.2 Å². The number of thiophene rings is 1. The van der Waals surface area contributed by atoms with E-state index in [4.69, 9.17) is 10.5 Å². The first-order valence-corrected chi connectivity index (χ1v) is 9.11. The lowest BCUT2D eigenvalue weighted by atomic mass is 9.88. The first kappa shape index (κ1) is 16.1. The fourth-order valence-electron chi connectivity index (χ4n) is 3.27. The molecular formula is C19H23NO2S. The monoisotopic (exact) mass is 329 g/mol. The SMILES string of the molecule is CCCOC(=O)c1c(N)sc(C)c1-c1ccc2c(c1)CCCC2. The lowest BCUT2D eigenvalue weighted by Crippen LogP contribution is -2.09. The summed E-state index contributed by atoms with van der Waals surface area (Å²) in [5.74, 6) is -0.304. The lowest BCUT2D eigenvalue weighted by molar-refractivity contribution is 0.0507. The molecule has 0 bridgehead atoms. The summed E-state index contributed by atoms with van der Waals surface area (Å²) in [5.41, 5.74) is 11.5. The minimum absolute atomic E-state index is 0.304. The van der Waals surface area contributed by atoms with Crippen molar-refractivity contribution in [3.63, 3.8) is 0 Å². The van der Waals surface area contributed by atoms with Crippen molar-refractivity contribution in [3.8, 4) is 11.1 Å². The maximum absolute atomic E-state index is 12.4. The van der Waals surface area contributed by atoms with E-state index in [2.05, 4.69) is 18.2 Å². The Morgan fingerprint density at radius 3 is 2.74 bits per heavy atom. The molecule has 0 radical (unpaired) electrons. The first-order chi connectivity index (χ1) is 11.1. The fraction of sp³-hybridized carbons (Fsp3) is 0.421. The van der Waals surface area contributed by atoms with Crippen molar-refractivity contribution in [2.24, 2.45) is 0 Å². The summed E-state index contributed by atoms with van der Waals surface area (Å²) in [6.07, 6.45) is 5.60. The molecule has 1 aromatic heterocycles. The van der Waals surface area contributed by atoms with E-state index in [1.54, 1.807) is 0 Å². The summed E-state index contributed by atoms with van der Waals surface area (Å²) in [6, 6.07) is 6.56. The molecule has 4 heteroatoms. The Balaban J connectivity index is 2.04. The summed E-state index contributed by atoms with van der Waals surface area (Å²) in [6.45, 7) is 4.43. The molecule has 1 heterocycles. The highest BCUT2D eigenvalue weighted by molar-refractivity contribution is 7.16. The summed E-state index contributed by atoms with van der Waals surface area (Å²) >= 11 is 1.47. The topological polar surface area (TPSA) is 52.3 Å². The lowest BCUT2D eigenvalue weighted by Gasteiger charge is -2.17. The Kier molecular flexibility index (Phi) is 4.71. The fourth-order valence-corrected chi connectivity index (χ4v) is 4.21. The van der Waals surface area contributed by atoms with E-state index in [1.807, 2.05) is 13.8 Å². The maximum Gasteiger partial charge on any atom is 0.341 e. The van der Waals surface area contributed by atoms with Crippen LogP contribution in [-0.4, -0.2) is 12.6 Å². The number of nitrogens with two attached hydrogens (primary N) is 1. The van der Waals surface area contributed by atoms with Gasteiger partial charge >= 0.3 is 5.97 Å². The van der Waals surface area contributed by atoms with E-state index in [-0.39, 0.29) is 5.97 Å². The predicted molar refractivity (Wildman–Crippen MR) is 96.1 cm³/mol. The molecule has 0 saturated carbocycles. The Morgan fingerprint density at radius 1 is 1.26 bits per heavy atom. The number of fused-ring (bicyclic) bond motifs is 1. The van der Waals surface area contributed by atoms with E-state index < -0.39 is 0 Å². The van der Waals surface area contributed by atoms with Crippen LogP contribution in [0, 0.1) is 6.92 Å². The molecule has 0 saturated heterocycles. The van der Waals surface area contributed by atoms with E-state index in [0.29, 0.717) is 17.2 Å². The van der Waals surface area contributed by atoms with Gasteiger partial charge in [-0.3, -0.25) is 0 Å². The van der Waals surface area contributed by atoms with Gasteiger partial charge in [-0.05, 0) is 55.7 Å². The predicted octanol–water partition coefficient (Wildman–Crippen LogP) is 4.75. The van der Waals surface area contributed by atoms with Gasteiger partial charge in [0, 0.05) is 10.4 Å². The van der Waals surface area contributed by atoms with E-state index in [1.165, 1.54) is 35.3 Å². The van der Waals surface area contributed by atoms with Crippen LogP contribution < -0.4 is 5.73 Å². The molecule has 1 aliphatic rings. The zero-order valence-electron chi connectivity index (χ0n) is 13.8. The molecule has 122 valence electrons. The number of esters is 1. The number of nitrogen functional groups attached to an aromatic ring is 1. The van der Waals surface area contributed by atoms with Gasteiger partial charge in [0.05, 0.1) is 6.61 Å². The van der Waals surface area contributed by atoms with Crippen molar-refractivity contribution >= 4 is 22.3 Å². The molecule has 0 atom stereocenters. The van der Waals surface area contributed by atoms with Gasteiger partial charge < -0.3 is 10.5 Å². The van der Waals surface area contributed by atoms with Crippen molar-refractivity contribution in [1.29, 1.82) is 0 Å². The van der Waals surface area contributed by atoms with Crippen LogP contribution in [0.3, 0.4) is 0 Å².